The van der Waals surface area contributed by atoms with Crippen LogP contribution in [0.3, 0.4) is 0 Å². The van der Waals surface area contributed by atoms with Crippen molar-refractivity contribution in [3.63, 3.8) is 0 Å². The van der Waals surface area contributed by atoms with E-state index in [0.29, 0.717) is 0 Å². The van der Waals surface area contributed by atoms with Crippen LogP contribution in [0.2, 0.25) is 0 Å². The van der Waals surface area contributed by atoms with Crippen LogP contribution in [0.5, 0.6) is 0 Å². The summed E-state index contributed by atoms with van der Waals surface area (Å²) in [5.74, 6) is 2.42. The molecule has 0 aliphatic carbocycles. The second kappa shape index (κ2) is 3.53. The van der Waals surface area contributed by atoms with Crippen LogP contribution in [-0.2, 0) is 0 Å². The van der Waals surface area contributed by atoms with Crippen LogP contribution < -0.4 is 0 Å². The third-order valence-electron chi connectivity index (χ3n) is 1.09. The van der Waals surface area contributed by atoms with E-state index in [1.807, 2.05) is 30.3 Å². The minimum atomic E-state index is 1.01. The van der Waals surface area contributed by atoms with E-state index in [9.17, 15) is 0 Å². The summed E-state index contributed by atoms with van der Waals surface area (Å²) in [6.07, 6.45) is 8.53. The van der Waals surface area contributed by atoms with Gasteiger partial charge in [-0.15, -0.1) is 6.42 Å². The minimum Gasteiger partial charge on any atom is -0.115 e. The molecule has 1 radical (unpaired) electrons. The van der Waals surface area contributed by atoms with E-state index in [-0.39, 0.29) is 0 Å². The van der Waals surface area contributed by atoms with Crippen LogP contribution in [0.4, 0.5) is 0 Å². The summed E-state index contributed by atoms with van der Waals surface area (Å²) < 4.78 is 0. The highest BCUT2D eigenvalue weighted by atomic mass is 13.8. The topological polar surface area (TPSA) is 0 Å². The Hall–Kier alpha value is -1.48. The van der Waals surface area contributed by atoms with E-state index in [0.717, 1.165) is 5.56 Å². The lowest BCUT2D eigenvalue weighted by Gasteiger charge is -1.85. The molecule has 0 unspecified atom stereocenters. The summed E-state index contributed by atoms with van der Waals surface area (Å²) in [5.41, 5.74) is 1.01. The molecule has 0 amide bonds. The molecule has 0 saturated carbocycles. The molecule has 0 heteroatoms. The third kappa shape index (κ3) is 1.80. The van der Waals surface area contributed by atoms with Crippen molar-refractivity contribution in [2.75, 3.05) is 0 Å². The Kier molecular flexibility index (Phi) is 2.34. The van der Waals surface area contributed by atoms with Gasteiger partial charge in [-0.3, -0.25) is 0 Å². The van der Waals surface area contributed by atoms with Crippen LogP contribution in [0.1, 0.15) is 5.56 Å². The van der Waals surface area contributed by atoms with Crippen molar-refractivity contribution in [3.8, 4) is 12.3 Å². The average molecular weight is 127 g/mol. The van der Waals surface area contributed by atoms with E-state index in [1.165, 1.54) is 0 Å². The van der Waals surface area contributed by atoms with Gasteiger partial charge < -0.3 is 0 Å². The Labute approximate surface area is 61.2 Å². The van der Waals surface area contributed by atoms with E-state index in [4.69, 9.17) is 6.42 Å². The Morgan fingerprint density at radius 3 is 3.00 bits per heavy atom. The molecule has 0 heterocycles. The van der Waals surface area contributed by atoms with Crippen molar-refractivity contribution in [2.24, 2.45) is 0 Å². The van der Waals surface area contributed by atoms with Crippen LogP contribution in [0.15, 0.2) is 30.3 Å². The first-order valence-corrected chi connectivity index (χ1v) is 3.03. The number of hydrogen-bond acceptors (Lipinski definition) is 0. The van der Waals surface area contributed by atoms with Gasteiger partial charge in [-0.25, -0.2) is 0 Å². The Balaban J connectivity index is 2.79. The lowest BCUT2D eigenvalue weighted by Crippen LogP contribution is -1.67. The van der Waals surface area contributed by atoms with Gasteiger partial charge in [0.2, 0.25) is 0 Å². The van der Waals surface area contributed by atoms with Gasteiger partial charge in [0.05, 0.1) is 0 Å². The molecular weight excluding hydrogens is 120 g/mol. The monoisotopic (exact) mass is 127 g/mol. The largest absolute Gasteiger partial charge is 0.115 e. The molecule has 0 spiro atoms. The first kappa shape index (κ1) is 6.64. The highest BCUT2D eigenvalue weighted by Gasteiger charge is 1.79. The van der Waals surface area contributed by atoms with Gasteiger partial charge in [0, 0.05) is 0 Å². The molecular formula is C10H7. The number of terminal acetylenes is 1. The van der Waals surface area contributed by atoms with Crippen LogP contribution >= 0.6 is 0 Å². The van der Waals surface area contributed by atoms with Crippen molar-refractivity contribution in [1.82, 2.24) is 0 Å². The predicted octanol–water partition coefficient (Wildman–Crippen LogP) is 2.13. The fourth-order valence-electron chi connectivity index (χ4n) is 0.649. The fourth-order valence-corrected chi connectivity index (χ4v) is 0.649. The molecule has 1 rings (SSSR count). The quantitative estimate of drug-likeness (QED) is 0.507. The van der Waals surface area contributed by atoms with Gasteiger partial charge in [0.1, 0.15) is 0 Å². The highest BCUT2D eigenvalue weighted by molar-refractivity contribution is 5.51. The summed E-state index contributed by atoms with van der Waals surface area (Å²) in [4.78, 5) is 0. The van der Waals surface area contributed by atoms with E-state index >= 15 is 0 Å². The molecule has 1 aromatic rings. The fraction of sp³-hybridized carbons (Fsp3) is 0. The SMILES string of the molecule is C#C/C=C/c1[c]cccc1. The summed E-state index contributed by atoms with van der Waals surface area (Å²) in [6.45, 7) is 0. The molecule has 0 nitrogen and oxygen atoms in total. The maximum absolute atomic E-state index is 5.03. The predicted molar refractivity (Wildman–Crippen MR) is 43.1 cm³/mol. The Morgan fingerprint density at radius 1 is 1.50 bits per heavy atom. The van der Waals surface area contributed by atoms with Gasteiger partial charge in [-0.1, -0.05) is 30.2 Å². The lowest BCUT2D eigenvalue weighted by molar-refractivity contribution is 1.64. The highest BCUT2D eigenvalue weighted by Crippen LogP contribution is 1.98. The van der Waals surface area contributed by atoms with Gasteiger partial charge >= 0.3 is 0 Å². The Morgan fingerprint density at radius 2 is 2.40 bits per heavy atom. The molecule has 47 valence electrons. The second-order valence-electron chi connectivity index (χ2n) is 1.82. The maximum atomic E-state index is 5.03. The van der Waals surface area contributed by atoms with Gasteiger partial charge in [-0.2, -0.15) is 0 Å². The average Bonchev–Trinajstić information content (AvgIpc) is 2.03. The van der Waals surface area contributed by atoms with Crippen LogP contribution in [0.25, 0.3) is 6.08 Å². The zero-order valence-corrected chi connectivity index (χ0v) is 5.54. The van der Waals surface area contributed by atoms with Gasteiger partial charge in [0.25, 0.3) is 0 Å². The molecule has 0 saturated heterocycles. The van der Waals surface area contributed by atoms with E-state index < -0.39 is 0 Å². The van der Waals surface area contributed by atoms with Gasteiger partial charge in [-0.05, 0) is 23.8 Å². The maximum Gasteiger partial charge on any atom is -0.0105 e. The number of rotatable bonds is 1. The number of benzene rings is 1. The molecule has 0 aromatic heterocycles. The van der Waals surface area contributed by atoms with Crippen molar-refractivity contribution < 1.29 is 0 Å². The van der Waals surface area contributed by atoms with Crippen molar-refractivity contribution >= 4 is 6.08 Å². The first-order chi connectivity index (χ1) is 4.93. The smallest absolute Gasteiger partial charge is 0.0105 e. The normalized spacial score (nSPS) is 9.50. The van der Waals surface area contributed by atoms with E-state index in [1.54, 1.807) is 6.08 Å². The molecule has 0 bridgehead atoms. The molecule has 10 heavy (non-hydrogen) atoms. The van der Waals surface area contributed by atoms with Gasteiger partial charge in [0.15, 0.2) is 0 Å². The zero-order valence-electron chi connectivity index (χ0n) is 5.54. The van der Waals surface area contributed by atoms with Crippen LogP contribution in [0, 0.1) is 18.4 Å². The van der Waals surface area contributed by atoms with Crippen molar-refractivity contribution in [3.05, 3.63) is 42.0 Å². The standard InChI is InChI=1S/C10H7/c1-2-3-7-10-8-5-4-6-9-10/h1,3-8H/b7-3+. The molecule has 0 fully saturated rings. The Bertz CT molecular complexity index is 249. The third-order valence-corrected chi connectivity index (χ3v) is 1.09. The number of allylic oxidation sites excluding steroid dienone is 1. The minimum absolute atomic E-state index is 1.01. The molecule has 0 atom stereocenters. The lowest BCUT2D eigenvalue weighted by atomic mass is 10.2. The summed E-state index contributed by atoms with van der Waals surface area (Å²) in [6, 6.07) is 10.7. The van der Waals surface area contributed by atoms with E-state index in [2.05, 4.69) is 12.0 Å². The molecule has 1 aromatic carbocycles. The zero-order chi connectivity index (χ0) is 7.23. The first-order valence-electron chi connectivity index (χ1n) is 3.03. The molecule has 0 aliphatic rings. The second-order valence-corrected chi connectivity index (χ2v) is 1.82. The van der Waals surface area contributed by atoms with Crippen LogP contribution in [-0.4, -0.2) is 0 Å². The molecule has 0 aliphatic heterocycles. The summed E-state index contributed by atoms with van der Waals surface area (Å²) in [5, 5.41) is 0. The summed E-state index contributed by atoms with van der Waals surface area (Å²) in [7, 11) is 0. The molecule has 0 N–H and O–H groups in total. The van der Waals surface area contributed by atoms with Crippen molar-refractivity contribution in [1.29, 1.82) is 0 Å². The van der Waals surface area contributed by atoms with Crippen molar-refractivity contribution in [2.45, 2.75) is 0 Å². The number of hydrogen-bond donors (Lipinski definition) is 0. The summed E-state index contributed by atoms with van der Waals surface area (Å²) >= 11 is 0.